The fourth-order valence-corrected chi connectivity index (χ4v) is 4.98. The highest BCUT2D eigenvalue weighted by atomic mass is 32.2. The summed E-state index contributed by atoms with van der Waals surface area (Å²) in [6.07, 6.45) is 0.251. The molecule has 7 nitrogen and oxygen atoms in total. The number of thioether (sulfide) groups is 1. The van der Waals surface area contributed by atoms with Crippen molar-refractivity contribution in [1.82, 2.24) is 9.13 Å². The predicted octanol–water partition coefficient (Wildman–Crippen LogP) is 2.61. The second-order valence-electron chi connectivity index (χ2n) is 7.67. The number of carbonyl (C=O) groups is 1. The van der Waals surface area contributed by atoms with Crippen molar-refractivity contribution in [2.45, 2.75) is 24.6 Å². The number of carbonyl (C=O) groups excluding carboxylic acids is 1. The lowest BCUT2D eigenvalue weighted by atomic mass is 10.0. The third-order valence-electron chi connectivity index (χ3n) is 5.49. The van der Waals surface area contributed by atoms with Crippen molar-refractivity contribution in [2.24, 2.45) is 13.0 Å². The van der Waals surface area contributed by atoms with Gasteiger partial charge in [0, 0.05) is 18.4 Å². The Hall–Kier alpha value is -3.26. The minimum absolute atomic E-state index is 0.134. The van der Waals surface area contributed by atoms with Crippen LogP contribution in [0.1, 0.15) is 16.7 Å². The smallest absolute Gasteiger partial charge is 0.331 e. The van der Waals surface area contributed by atoms with E-state index in [2.05, 4.69) is 0 Å². The van der Waals surface area contributed by atoms with Crippen LogP contribution in [-0.2, 0) is 36.2 Å². The van der Waals surface area contributed by atoms with Crippen molar-refractivity contribution in [1.29, 1.82) is 0 Å². The molecule has 8 heteroatoms. The molecule has 1 aliphatic rings. The minimum atomic E-state index is -0.450. The summed E-state index contributed by atoms with van der Waals surface area (Å²) in [5.74, 6) is 0.349. The van der Waals surface area contributed by atoms with E-state index >= 15 is 0 Å². The molecular weight excluding hydrogens is 428 g/mol. The number of fused-ring (bicyclic) bond motifs is 1. The Balaban J connectivity index is 1.54. The van der Waals surface area contributed by atoms with Crippen LogP contribution >= 0.6 is 11.8 Å². The monoisotopic (exact) mass is 452 g/mol. The molecule has 0 radical (unpaired) electrons. The molecule has 0 saturated carbocycles. The van der Waals surface area contributed by atoms with E-state index in [0.717, 1.165) is 11.1 Å². The Morgan fingerprint density at radius 2 is 1.84 bits per heavy atom. The summed E-state index contributed by atoms with van der Waals surface area (Å²) in [5.41, 5.74) is 1.48. The van der Waals surface area contributed by atoms with Gasteiger partial charge in [-0.2, -0.15) is 0 Å². The van der Waals surface area contributed by atoms with Gasteiger partial charge in [-0.3, -0.25) is 18.7 Å². The number of benzene rings is 2. The summed E-state index contributed by atoms with van der Waals surface area (Å²) in [6.45, 7) is 0.324. The number of ether oxygens (including phenoxy) is 2. The summed E-state index contributed by atoms with van der Waals surface area (Å²) in [6, 6.07) is 16.7. The molecule has 32 heavy (non-hydrogen) atoms. The highest BCUT2D eigenvalue weighted by Crippen LogP contribution is 2.30. The van der Waals surface area contributed by atoms with E-state index in [1.54, 1.807) is 14.2 Å². The third-order valence-corrected chi connectivity index (χ3v) is 6.85. The van der Waals surface area contributed by atoms with Crippen molar-refractivity contribution in [2.75, 3.05) is 12.9 Å². The summed E-state index contributed by atoms with van der Waals surface area (Å²) >= 11 is 1.35. The molecular formula is C24H24N2O5S. The fourth-order valence-electron chi connectivity index (χ4n) is 3.75. The molecule has 0 aliphatic carbocycles. The van der Waals surface area contributed by atoms with Crippen LogP contribution in [0, 0.1) is 5.92 Å². The SMILES string of the molecule is COc1cccc(COC(=O)C2CSc3c(c(=O)n(Cc4ccccc4)c(=O)n3C)C2)c1. The number of aromatic nitrogens is 2. The van der Waals surface area contributed by atoms with E-state index in [9.17, 15) is 14.4 Å². The highest BCUT2D eigenvalue weighted by molar-refractivity contribution is 7.99. The Morgan fingerprint density at radius 1 is 1.09 bits per heavy atom. The topological polar surface area (TPSA) is 79.5 Å². The Bertz CT molecular complexity index is 1250. The predicted molar refractivity (Wildman–Crippen MR) is 122 cm³/mol. The van der Waals surface area contributed by atoms with Gasteiger partial charge >= 0.3 is 11.7 Å². The number of rotatable bonds is 6. The van der Waals surface area contributed by atoms with E-state index in [1.165, 1.54) is 20.9 Å². The molecule has 0 N–H and O–H groups in total. The average molecular weight is 453 g/mol. The van der Waals surface area contributed by atoms with Gasteiger partial charge in [-0.15, -0.1) is 11.8 Å². The molecule has 166 valence electrons. The molecule has 0 saturated heterocycles. The molecule has 4 rings (SSSR count). The number of nitrogens with zero attached hydrogens (tertiary/aromatic N) is 2. The Labute approximate surface area is 189 Å². The molecule has 0 fully saturated rings. The lowest BCUT2D eigenvalue weighted by molar-refractivity contribution is -0.149. The van der Waals surface area contributed by atoms with E-state index in [1.807, 2.05) is 54.6 Å². The Morgan fingerprint density at radius 3 is 2.59 bits per heavy atom. The molecule has 2 heterocycles. The van der Waals surface area contributed by atoms with Gasteiger partial charge < -0.3 is 9.47 Å². The molecule has 0 spiro atoms. The van der Waals surface area contributed by atoms with Crippen LogP contribution in [-0.4, -0.2) is 28.0 Å². The first kappa shape index (κ1) is 22.0. The molecule has 2 aromatic carbocycles. The zero-order chi connectivity index (χ0) is 22.7. The quantitative estimate of drug-likeness (QED) is 0.423. The van der Waals surface area contributed by atoms with E-state index in [-0.39, 0.29) is 36.8 Å². The zero-order valence-corrected chi connectivity index (χ0v) is 18.8. The first-order valence-corrected chi connectivity index (χ1v) is 11.3. The van der Waals surface area contributed by atoms with Crippen molar-refractivity contribution >= 4 is 17.7 Å². The first-order valence-electron chi connectivity index (χ1n) is 10.3. The number of hydrogen-bond donors (Lipinski definition) is 0. The maximum absolute atomic E-state index is 13.2. The largest absolute Gasteiger partial charge is 0.497 e. The van der Waals surface area contributed by atoms with Crippen LogP contribution < -0.4 is 16.0 Å². The standard InChI is InChI=1S/C24H24N2O5S/c1-25-22-20(21(27)26(24(25)29)13-16-7-4-3-5-8-16)12-18(15-32-22)23(28)31-14-17-9-6-10-19(11-17)30-2/h3-11,18H,12-15H2,1-2H3. The lowest BCUT2D eigenvalue weighted by Crippen LogP contribution is -2.44. The molecule has 3 aromatic rings. The molecule has 0 amide bonds. The van der Waals surface area contributed by atoms with Gasteiger partial charge in [0.15, 0.2) is 0 Å². The van der Waals surface area contributed by atoms with E-state index in [0.29, 0.717) is 22.1 Å². The van der Waals surface area contributed by atoms with Crippen LogP contribution in [0.25, 0.3) is 0 Å². The van der Waals surface area contributed by atoms with Gasteiger partial charge in [0.05, 0.1) is 24.6 Å². The van der Waals surface area contributed by atoms with Gasteiger partial charge in [-0.05, 0) is 29.7 Å². The molecule has 1 unspecified atom stereocenters. The fraction of sp³-hybridized carbons (Fsp3) is 0.292. The van der Waals surface area contributed by atoms with Crippen molar-refractivity contribution in [3.05, 3.63) is 92.1 Å². The van der Waals surface area contributed by atoms with Crippen LogP contribution in [0.2, 0.25) is 0 Å². The molecule has 1 aliphatic heterocycles. The third kappa shape index (κ3) is 4.50. The molecule has 1 atom stereocenters. The summed E-state index contributed by atoms with van der Waals surface area (Å²) in [7, 11) is 3.25. The lowest BCUT2D eigenvalue weighted by Gasteiger charge is -2.25. The highest BCUT2D eigenvalue weighted by Gasteiger charge is 2.31. The van der Waals surface area contributed by atoms with E-state index in [4.69, 9.17) is 9.47 Å². The molecule has 1 aromatic heterocycles. The van der Waals surface area contributed by atoms with Crippen molar-refractivity contribution in [3.8, 4) is 5.75 Å². The number of esters is 1. The summed E-state index contributed by atoms with van der Waals surface area (Å²) in [5, 5.41) is 0.626. The van der Waals surface area contributed by atoms with Crippen molar-refractivity contribution < 1.29 is 14.3 Å². The maximum atomic E-state index is 13.2. The van der Waals surface area contributed by atoms with Crippen LogP contribution in [0.5, 0.6) is 5.75 Å². The summed E-state index contributed by atoms with van der Waals surface area (Å²) < 4.78 is 13.4. The average Bonchev–Trinajstić information content (AvgIpc) is 2.84. The van der Waals surface area contributed by atoms with Crippen molar-refractivity contribution in [3.63, 3.8) is 0 Å². The Kier molecular flexibility index (Phi) is 6.50. The number of methoxy groups -OCH3 is 1. The minimum Gasteiger partial charge on any atom is -0.497 e. The van der Waals surface area contributed by atoms with Crippen LogP contribution in [0.4, 0.5) is 0 Å². The first-order chi connectivity index (χ1) is 15.5. The van der Waals surface area contributed by atoms with Gasteiger partial charge in [-0.25, -0.2) is 4.79 Å². The maximum Gasteiger partial charge on any atom is 0.331 e. The van der Waals surface area contributed by atoms with Gasteiger partial charge in [0.25, 0.3) is 5.56 Å². The second-order valence-corrected chi connectivity index (χ2v) is 8.68. The van der Waals surface area contributed by atoms with Crippen LogP contribution in [0.15, 0.2) is 69.2 Å². The van der Waals surface area contributed by atoms with Gasteiger partial charge in [0.2, 0.25) is 0 Å². The zero-order valence-electron chi connectivity index (χ0n) is 17.9. The van der Waals surface area contributed by atoms with Gasteiger partial charge in [-0.1, -0.05) is 42.5 Å². The molecule has 0 bridgehead atoms. The number of hydrogen-bond acceptors (Lipinski definition) is 6. The van der Waals surface area contributed by atoms with Gasteiger partial charge in [0.1, 0.15) is 12.4 Å². The second kappa shape index (κ2) is 9.48. The summed E-state index contributed by atoms with van der Waals surface area (Å²) in [4.78, 5) is 38.7. The normalized spacial score (nSPS) is 15.1. The van der Waals surface area contributed by atoms with E-state index < -0.39 is 5.92 Å². The van der Waals surface area contributed by atoms with Crippen LogP contribution in [0.3, 0.4) is 0 Å².